The molecule has 0 aliphatic carbocycles. The van der Waals surface area contributed by atoms with Crippen LogP contribution in [0.5, 0.6) is 11.5 Å². The molecular weight excluding hydrogens is 454 g/mol. The molecule has 35 heavy (non-hydrogen) atoms. The number of nitrogens with zero attached hydrogens (tertiary/aromatic N) is 2. The first-order valence-corrected chi connectivity index (χ1v) is 11.2. The highest BCUT2D eigenvalue weighted by Crippen LogP contribution is 2.38. The first-order chi connectivity index (χ1) is 17.1. The first-order valence-electron chi connectivity index (χ1n) is 11.2. The number of halogens is 2. The van der Waals surface area contributed by atoms with Gasteiger partial charge in [-0.15, -0.1) is 0 Å². The maximum atomic E-state index is 14.7. The summed E-state index contributed by atoms with van der Waals surface area (Å²) in [6.07, 6.45) is 4.46. The van der Waals surface area contributed by atoms with Crippen LogP contribution in [0.3, 0.4) is 0 Å². The van der Waals surface area contributed by atoms with Crippen molar-refractivity contribution in [3.63, 3.8) is 0 Å². The molecule has 0 bridgehead atoms. The van der Waals surface area contributed by atoms with E-state index >= 15 is 0 Å². The fourth-order valence-corrected chi connectivity index (χ4v) is 3.94. The van der Waals surface area contributed by atoms with Gasteiger partial charge in [-0.05, 0) is 42.0 Å². The third-order valence-electron chi connectivity index (χ3n) is 5.66. The Bertz CT molecular complexity index is 1240. The topological polar surface area (TPSA) is 54.7 Å². The molecule has 1 fully saturated rings. The Labute approximate surface area is 201 Å². The molecule has 4 aromatic rings. The van der Waals surface area contributed by atoms with Crippen LogP contribution in [-0.2, 0) is 28.4 Å². The summed E-state index contributed by atoms with van der Waals surface area (Å²) in [7, 11) is 0. The van der Waals surface area contributed by atoms with Gasteiger partial charge in [0.05, 0.1) is 19.5 Å². The lowest BCUT2D eigenvalue weighted by Gasteiger charge is -2.29. The van der Waals surface area contributed by atoms with Crippen LogP contribution in [-0.4, -0.2) is 28.9 Å². The second kappa shape index (κ2) is 10.2. The average Bonchev–Trinajstić information content (AvgIpc) is 3.53. The molecule has 2 heterocycles. The van der Waals surface area contributed by atoms with Crippen molar-refractivity contribution in [2.75, 3.05) is 13.2 Å². The molecule has 1 aliphatic heterocycles. The maximum Gasteiger partial charge on any atom is 0.216 e. The lowest BCUT2D eigenvalue weighted by atomic mass is 10.0. The molecule has 1 saturated heterocycles. The lowest BCUT2D eigenvalue weighted by Crippen LogP contribution is -2.35. The van der Waals surface area contributed by atoms with Gasteiger partial charge in [-0.2, -0.15) is 0 Å². The van der Waals surface area contributed by atoms with Gasteiger partial charge in [-0.1, -0.05) is 30.3 Å². The Morgan fingerprint density at radius 2 is 1.74 bits per heavy atom. The maximum absolute atomic E-state index is 14.7. The number of aromatic nitrogens is 2. The van der Waals surface area contributed by atoms with E-state index in [0.29, 0.717) is 12.4 Å². The summed E-state index contributed by atoms with van der Waals surface area (Å²) in [6, 6.07) is 20.6. The van der Waals surface area contributed by atoms with Crippen LogP contribution >= 0.6 is 0 Å². The van der Waals surface area contributed by atoms with E-state index in [1.54, 1.807) is 23.3 Å². The van der Waals surface area contributed by atoms with Gasteiger partial charge in [-0.3, -0.25) is 0 Å². The number of ether oxygens (including phenoxy) is 4. The van der Waals surface area contributed by atoms with Crippen molar-refractivity contribution in [2.24, 2.45) is 0 Å². The lowest BCUT2D eigenvalue weighted by molar-refractivity contribution is -0.191. The Hall–Kier alpha value is -3.75. The van der Waals surface area contributed by atoms with Gasteiger partial charge >= 0.3 is 0 Å². The SMILES string of the molecule is Fc1ccc(C2(Cn3ccnc3)OCC(COc3ccc(OCc4ccccc4)cc3)O2)c(F)c1. The summed E-state index contributed by atoms with van der Waals surface area (Å²) in [5.41, 5.74) is 1.21. The second-order valence-corrected chi connectivity index (χ2v) is 8.22. The molecule has 8 heteroatoms. The Kier molecular flexibility index (Phi) is 6.74. The van der Waals surface area contributed by atoms with Gasteiger partial charge < -0.3 is 23.5 Å². The molecule has 0 amide bonds. The predicted octanol–water partition coefficient (Wildman–Crippen LogP) is 5.09. The molecule has 2 unspecified atom stereocenters. The minimum Gasteiger partial charge on any atom is -0.491 e. The van der Waals surface area contributed by atoms with Crippen LogP contribution in [0, 0.1) is 11.6 Å². The van der Waals surface area contributed by atoms with Crippen LogP contribution in [0.25, 0.3) is 0 Å². The number of imidazole rings is 1. The van der Waals surface area contributed by atoms with Gasteiger partial charge in [0, 0.05) is 24.0 Å². The van der Waals surface area contributed by atoms with Crippen LogP contribution in [0.2, 0.25) is 0 Å². The van der Waals surface area contributed by atoms with E-state index in [-0.39, 0.29) is 25.3 Å². The molecule has 2 atom stereocenters. The van der Waals surface area contributed by atoms with Crippen molar-refractivity contribution in [1.29, 1.82) is 0 Å². The van der Waals surface area contributed by atoms with Gasteiger partial charge in [0.2, 0.25) is 5.79 Å². The third kappa shape index (κ3) is 5.50. The molecule has 0 spiro atoms. The predicted molar refractivity (Wildman–Crippen MR) is 124 cm³/mol. The second-order valence-electron chi connectivity index (χ2n) is 8.22. The standard InChI is InChI=1S/C27H24F2N2O4/c28-21-6-11-25(26(29)14-21)27(18-31-13-12-30-19-31)34-17-24(35-27)16-33-23-9-7-22(8-10-23)32-15-20-4-2-1-3-5-20/h1-14,19,24H,15-18H2. The van der Waals surface area contributed by atoms with Crippen molar-refractivity contribution in [3.05, 3.63) is 114 Å². The van der Waals surface area contributed by atoms with Gasteiger partial charge in [0.1, 0.15) is 42.5 Å². The van der Waals surface area contributed by atoms with E-state index in [1.165, 1.54) is 12.1 Å². The van der Waals surface area contributed by atoms with Crippen molar-refractivity contribution >= 4 is 0 Å². The highest BCUT2D eigenvalue weighted by Gasteiger charge is 2.45. The minimum absolute atomic E-state index is 0.120. The highest BCUT2D eigenvalue weighted by molar-refractivity contribution is 5.31. The summed E-state index contributed by atoms with van der Waals surface area (Å²) < 4.78 is 53.8. The van der Waals surface area contributed by atoms with E-state index < -0.39 is 23.5 Å². The summed E-state index contributed by atoms with van der Waals surface area (Å²) in [6.45, 7) is 1.01. The Morgan fingerprint density at radius 1 is 0.971 bits per heavy atom. The molecule has 0 N–H and O–H groups in total. The van der Waals surface area contributed by atoms with E-state index in [4.69, 9.17) is 18.9 Å². The quantitative estimate of drug-likeness (QED) is 0.336. The van der Waals surface area contributed by atoms with Crippen molar-refractivity contribution in [1.82, 2.24) is 9.55 Å². The van der Waals surface area contributed by atoms with E-state index in [2.05, 4.69) is 4.98 Å². The first kappa shape index (κ1) is 23.0. The normalized spacial score (nSPS) is 19.5. The summed E-state index contributed by atoms with van der Waals surface area (Å²) >= 11 is 0. The van der Waals surface area contributed by atoms with Gasteiger partial charge in [0.15, 0.2) is 0 Å². The van der Waals surface area contributed by atoms with Crippen molar-refractivity contribution in [3.8, 4) is 11.5 Å². The fraction of sp³-hybridized carbons (Fsp3) is 0.222. The number of rotatable bonds is 9. The molecule has 1 aromatic heterocycles. The van der Waals surface area contributed by atoms with Gasteiger partial charge in [-0.25, -0.2) is 13.8 Å². The fourth-order valence-electron chi connectivity index (χ4n) is 3.94. The average molecular weight is 478 g/mol. The van der Waals surface area contributed by atoms with E-state index in [1.807, 2.05) is 54.6 Å². The number of hydrogen-bond acceptors (Lipinski definition) is 5. The van der Waals surface area contributed by atoms with E-state index in [0.717, 1.165) is 17.4 Å². The molecule has 3 aromatic carbocycles. The Morgan fingerprint density at radius 3 is 2.46 bits per heavy atom. The molecule has 5 rings (SSSR count). The minimum atomic E-state index is -1.43. The largest absolute Gasteiger partial charge is 0.491 e. The highest BCUT2D eigenvalue weighted by atomic mass is 19.1. The van der Waals surface area contributed by atoms with Crippen LogP contribution in [0.4, 0.5) is 8.78 Å². The molecule has 0 radical (unpaired) electrons. The van der Waals surface area contributed by atoms with Gasteiger partial charge in [0.25, 0.3) is 0 Å². The third-order valence-corrected chi connectivity index (χ3v) is 5.66. The molecule has 1 aliphatic rings. The summed E-state index contributed by atoms with van der Waals surface area (Å²) in [4.78, 5) is 4.02. The number of benzene rings is 3. The smallest absolute Gasteiger partial charge is 0.216 e. The van der Waals surface area contributed by atoms with E-state index in [9.17, 15) is 8.78 Å². The van der Waals surface area contributed by atoms with Crippen LogP contribution < -0.4 is 9.47 Å². The summed E-state index contributed by atoms with van der Waals surface area (Å²) in [5, 5.41) is 0. The summed E-state index contributed by atoms with van der Waals surface area (Å²) in [5.74, 6) is -1.47. The Balaban J connectivity index is 1.22. The monoisotopic (exact) mass is 478 g/mol. The molecule has 180 valence electrons. The number of hydrogen-bond donors (Lipinski definition) is 0. The van der Waals surface area contributed by atoms with Crippen LogP contribution in [0.1, 0.15) is 11.1 Å². The zero-order valence-electron chi connectivity index (χ0n) is 18.8. The zero-order chi connectivity index (χ0) is 24.1. The molecular formula is C27H24F2N2O4. The molecule has 6 nitrogen and oxygen atoms in total. The van der Waals surface area contributed by atoms with Crippen LogP contribution in [0.15, 0.2) is 91.5 Å². The van der Waals surface area contributed by atoms with Crippen molar-refractivity contribution in [2.45, 2.75) is 25.0 Å². The van der Waals surface area contributed by atoms with Crippen molar-refractivity contribution < 1.29 is 27.7 Å². The molecule has 0 saturated carbocycles. The zero-order valence-corrected chi connectivity index (χ0v) is 18.8.